The Morgan fingerprint density at radius 2 is 1.78 bits per heavy atom. The van der Waals surface area contributed by atoms with Gasteiger partial charge in [-0.3, -0.25) is 9.59 Å². The highest BCUT2D eigenvalue weighted by molar-refractivity contribution is 6.46. The van der Waals surface area contributed by atoms with Gasteiger partial charge in [0, 0.05) is 5.56 Å². The first kappa shape index (κ1) is 19.9. The third-order valence-corrected chi connectivity index (χ3v) is 5.45. The first-order valence-electron chi connectivity index (χ1n) is 9.99. The van der Waals surface area contributed by atoms with Gasteiger partial charge in [-0.25, -0.2) is 4.39 Å². The summed E-state index contributed by atoms with van der Waals surface area (Å²) in [6.07, 6.45) is 1.47. The maximum Gasteiger partial charge on any atom is 0.296 e. The number of aliphatic hydroxyl groups excluding tert-OH is 1. The van der Waals surface area contributed by atoms with Crippen molar-refractivity contribution in [2.24, 2.45) is 0 Å². The van der Waals surface area contributed by atoms with Crippen LogP contribution in [0, 0.1) is 5.82 Å². The van der Waals surface area contributed by atoms with Gasteiger partial charge >= 0.3 is 0 Å². The molecule has 0 bridgehead atoms. The van der Waals surface area contributed by atoms with Crippen molar-refractivity contribution in [3.05, 3.63) is 89.1 Å². The summed E-state index contributed by atoms with van der Waals surface area (Å²) in [7, 11) is 0. The van der Waals surface area contributed by atoms with Gasteiger partial charge in [0.05, 0.1) is 24.4 Å². The van der Waals surface area contributed by atoms with Crippen LogP contribution in [0.4, 0.5) is 4.39 Å². The van der Waals surface area contributed by atoms with Gasteiger partial charge in [0.15, 0.2) is 11.5 Å². The lowest BCUT2D eigenvalue weighted by Crippen LogP contribution is -2.29. The number of carbonyl (C=O) groups excluding carboxylic acids is 2. The molecule has 32 heavy (non-hydrogen) atoms. The molecule has 0 spiro atoms. The molecule has 1 aromatic heterocycles. The van der Waals surface area contributed by atoms with E-state index in [-0.39, 0.29) is 17.9 Å². The van der Waals surface area contributed by atoms with Crippen molar-refractivity contribution < 1.29 is 33.0 Å². The maximum absolute atomic E-state index is 13.6. The molecule has 2 aromatic carbocycles. The Morgan fingerprint density at radius 1 is 1.03 bits per heavy atom. The number of amides is 1. The van der Waals surface area contributed by atoms with Crippen LogP contribution in [-0.4, -0.2) is 34.9 Å². The number of halogens is 1. The number of likely N-dealkylation sites (tertiary alicyclic amines) is 1. The van der Waals surface area contributed by atoms with Gasteiger partial charge in [-0.1, -0.05) is 12.1 Å². The highest BCUT2D eigenvalue weighted by atomic mass is 19.1. The molecule has 1 saturated heterocycles. The van der Waals surface area contributed by atoms with E-state index in [1.54, 1.807) is 30.3 Å². The van der Waals surface area contributed by atoms with E-state index in [4.69, 9.17) is 13.9 Å². The molecule has 7 nitrogen and oxygen atoms in total. The van der Waals surface area contributed by atoms with E-state index in [1.165, 1.54) is 35.4 Å². The van der Waals surface area contributed by atoms with Crippen LogP contribution < -0.4 is 9.47 Å². The molecule has 3 aromatic rings. The van der Waals surface area contributed by atoms with Crippen LogP contribution in [0.25, 0.3) is 5.76 Å². The Kier molecular flexibility index (Phi) is 4.89. The monoisotopic (exact) mass is 435 g/mol. The summed E-state index contributed by atoms with van der Waals surface area (Å²) in [4.78, 5) is 27.3. The number of nitrogens with zero attached hydrogens (tertiary/aromatic N) is 1. The van der Waals surface area contributed by atoms with Crippen LogP contribution >= 0.6 is 0 Å². The van der Waals surface area contributed by atoms with Crippen LogP contribution in [0.3, 0.4) is 0 Å². The maximum atomic E-state index is 13.6. The van der Waals surface area contributed by atoms with E-state index >= 15 is 0 Å². The van der Waals surface area contributed by atoms with Crippen molar-refractivity contribution in [2.75, 3.05) is 13.2 Å². The minimum absolute atomic E-state index is 0.0114. The fourth-order valence-electron chi connectivity index (χ4n) is 3.95. The number of furan rings is 1. The molecule has 0 saturated carbocycles. The third-order valence-electron chi connectivity index (χ3n) is 5.45. The predicted molar refractivity (Wildman–Crippen MR) is 110 cm³/mol. The first-order chi connectivity index (χ1) is 15.5. The number of benzene rings is 2. The van der Waals surface area contributed by atoms with E-state index < -0.39 is 23.5 Å². The van der Waals surface area contributed by atoms with Crippen molar-refractivity contribution >= 4 is 17.4 Å². The van der Waals surface area contributed by atoms with Gasteiger partial charge in [0.2, 0.25) is 0 Å². The summed E-state index contributed by atoms with van der Waals surface area (Å²) < 4.78 is 30.0. The second-order valence-electron chi connectivity index (χ2n) is 7.42. The number of rotatable bonds is 4. The van der Waals surface area contributed by atoms with Crippen LogP contribution in [-0.2, 0) is 16.1 Å². The zero-order valence-corrected chi connectivity index (χ0v) is 16.8. The molecule has 2 aliphatic rings. The molecule has 0 aliphatic carbocycles. The second kappa shape index (κ2) is 7.88. The summed E-state index contributed by atoms with van der Waals surface area (Å²) >= 11 is 0. The molecular formula is C24H18FNO6. The summed E-state index contributed by atoms with van der Waals surface area (Å²) in [5.74, 6) is -0.990. The van der Waals surface area contributed by atoms with Crippen molar-refractivity contribution in [3.8, 4) is 11.5 Å². The lowest BCUT2D eigenvalue weighted by Gasteiger charge is -2.24. The number of hydrogen-bond donors (Lipinski definition) is 1. The second-order valence-corrected chi connectivity index (χ2v) is 7.42. The number of hydrogen-bond acceptors (Lipinski definition) is 6. The van der Waals surface area contributed by atoms with Gasteiger partial charge in [0.1, 0.15) is 30.6 Å². The molecule has 2 aliphatic heterocycles. The van der Waals surface area contributed by atoms with Gasteiger partial charge < -0.3 is 23.9 Å². The van der Waals surface area contributed by atoms with E-state index in [2.05, 4.69) is 0 Å². The average Bonchev–Trinajstić information content (AvgIpc) is 3.41. The highest BCUT2D eigenvalue weighted by Crippen LogP contribution is 2.41. The predicted octanol–water partition coefficient (Wildman–Crippen LogP) is 3.81. The van der Waals surface area contributed by atoms with Gasteiger partial charge in [0.25, 0.3) is 11.7 Å². The molecule has 3 heterocycles. The largest absolute Gasteiger partial charge is 0.507 e. The van der Waals surface area contributed by atoms with Crippen LogP contribution in [0.15, 0.2) is 70.9 Å². The molecule has 162 valence electrons. The van der Waals surface area contributed by atoms with E-state index in [1.807, 2.05) is 0 Å². The molecule has 5 rings (SSSR count). The normalized spacial score (nSPS) is 19.4. The standard InChI is InChI=1S/C24H18FNO6/c25-16-6-3-14(4-7-16)21-20(23(28)24(29)26(21)13-17-2-1-9-30-17)22(27)15-5-8-18-19(12-15)32-11-10-31-18/h1-9,12,21,27H,10-11,13H2. The molecule has 1 N–H and O–H groups in total. The quantitative estimate of drug-likeness (QED) is 0.381. The Hall–Kier alpha value is -4.07. The number of Topliss-reactive ketones (excluding diaryl/α,β-unsaturated/α-hetero) is 1. The molecular weight excluding hydrogens is 417 g/mol. The minimum atomic E-state index is -0.922. The van der Waals surface area contributed by atoms with E-state index in [0.29, 0.717) is 41.6 Å². The average molecular weight is 435 g/mol. The molecule has 1 atom stereocenters. The number of aliphatic hydroxyl groups is 1. The lowest BCUT2D eigenvalue weighted by atomic mass is 9.95. The van der Waals surface area contributed by atoms with Crippen molar-refractivity contribution in [3.63, 3.8) is 0 Å². The third kappa shape index (κ3) is 3.39. The zero-order valence-electron chi connectivity index (χ0n) is 16.8. The molecule has 1 fully saturated rings. The topological polar surface area (TPSA) is 89.2 Å². The Morgan fingerprint density at radius 3 is 2.50 bits per heavy atom. The summed E-state index contributed by atoms with van der Waals surface area (Å²) in [5, 5.41) is 11.1. The molecule has 8 heteroatoms. The molecule has 0 radical (unpaired) electrons. The van der Waals surface area contributed by atoms with Crippen molar-refractivity contribution in [2.45, 2.75) is 12.6 Å². The van der Waals surface area contributed by atoms with E-state index in [9.17, 15) is 19.1 Å². The Balaban J connectivity index is 1.63. The lowest BCUT2D eigenvalue weighted by molar-refractivity contribution is -0.140. The smallest absolute Gasteiger partial charge is 0.296 e. The van der Waals surface area contributed by atoms with Gasteiger partial charge in [-0.15, -0.1) is 0 Å². The summed E-state index contributed by atoms with van der Waals surface area (Å²) in [6.45, 7) is 0.790. The van der Waals surface area contributed by atoms with Crippen molar-refractivity contribution in [1.29, 1.82) is 0 Å². The van der Waals surface area contributed by atoms with Crippen LogP contribution in [0.1, 0.15) is 22.9 Å². The molecule has 1 unspecified atom stereocenters. The van der Waals surface area contributed by atoms with Crippen LogP contribution in [0.5, 0.6) is 11.5 Å². The number of carbonyl (C=O) groups is 2. The number of ketones is 1. The summed E-state index contributed by atoms with van der Waals surface area (Å²) in [5.41, 5.74) is 0.693. The Labute approximate surface area is 182 Å². The zero-order chi connectivity index (χ0) is 22.2. The summed E-state index contributed by atoms with van der Waals surface area (Å²) in [6, 6.07) is 12.7. The van der Waals surface area contributed by atoms with E-state index in [0.717, 1.165) is 0 Å². The first-order valence-corrected chi connectivity index (χ1v) is 9.99. The number of ether oxygens (including phenoxy) is 2. The number of fused-ring (bicyclic) bond motifs is 1. The van der Waals surface area contributed by atoms with Crippen molar-refractivity contribution in [1.82, 2.24) is 4.90 Å². The van der Waals surface area contributed by atoms with Gasteiger partial charge in [-0.05, 0) is 48.0 Å². The Bertz CT molecular complexity index is 1220. The highest BCUT2D eigenvalue weighted by Gasteiger charge is 2.46. The van der Waals surface area contributed by atoms with Gasteiger partial charge in [-0.2, -0.15) is 0 Å². The minimum Gasteiger partial charge on any atom is -0.507 e. The fraction of sp³-hybridized carbons (Fsp3) is 0.167. The fourth-order valence-corrected chi connectivity index (χ4v) is 3.95. The molecule has 1 amide bonds. The van der Waals surface area contributed by atoms with Crippen LogP contribution in [0.2, 0.25) is 0 Å². The SMILES string of the molecule is O=C1C(=O)N(Cc2ccco2)C(c2ccc(F)cc2)C1=C(O)c1ccc2c(c1)OCCO2.